The van der Waals surface area contributed by atoms with Gasteiger partial charge in [-0.05, 0) is 19.1 Å². The SMILES string of the molecule is CC#CCn1c(N2CCN(C(=O)O)CC2)nc2nc(Oc3ccccc3C(N)=O)n(C)c(=O)c21. The number of rotatable bonds is 5. The number of nitrogens with two attached hydrogens (primary N) is 1. The summed E-state index contributed by atoms with van der Waals surface area (Å²) in [6.07, 6.45) is -0.974. The Morgan fingerprint density at radius 3 is 2.53 bits per heavy atom. The largest absolute Gasteiger partial charge is 0.465 e. The van der Waals surface area contributed by atoms with Gasteiger partial charge < -0.3 is 25.4 Å². The van der Waals surface area contributed by atoms with Crippen LogP contribution in [0, 0.1) is 11.8 Å². The fourth-order valence-electron chi connectivity index (χ4n) is 3.72. The van der Waals surface area contributed by atoms with E-state index in [0.29, 0.717) is 32.1 Å². The standard InChI is InChI=1S/C22H23N7O5/c1-3-4-9-29-16-18(24-20(29)27-10-12-28(13-11-27)22(32)33)25-21(26(2)19(16)31)34-15-8-6-5-7-14(15)17(23)30/h5-8H,9-13H2,1-2H3,(H2,23,30)(H,32,33). The number of piperazine rings is 1. The number of primary amides is 1. The maximum Gasteiger partial charge on any atom is 0.407 e. The van der Waals surface area contributed by atoms with E-state index in [2.05, 4.69) is 21.8 Å². The molecule has 0 saturated carbocycles. The number of nitrogens with zero attached hydrogens (tertiary/aromatic N) is 6. The Balaban J connectivity index is 1.79. The van der Waals surface area contributed by atoms with Crippen LogP contribution in [0.3, 0.4) is 0 Å². The van der Waals surface area contributed by atoms with Crippen molar-refractivity contribution >= 4 is 29.1 Å². The molecule has 1 aromatic carbocycles. The van der Waals surface area contributed by atoms with Crippen LogP contribution in [0.4, 0.5) is 10.7 Å². The molecule has 1 fully saturated rings. The van der Waals surface area contributed by atoms with Crippen LogP contribution in [-0.4, -0.2) is 67.3 Å². The third kappa shape index (κ3) is 4.11. The molecule has 2 aromatic heterocycles. The van der Waals surface area contributed by atoms with E-state index in [4.69, 9.17) is 10.5 Å². The van der Waals surface area contributed by atoms with Crippen molar-refractivity contribution in [2.75, 3.05) is 31.1 Å². The zero-order valence-electron chi connectivity index (χ0n) is 18.7. The van der Waals surface area contributed by atoms with Crippen molar-refractivity contribution in [3.63, 3.8) is 0 Å². The summed E-state index contributed by atoms with van der Waals surface area (Å²) in [5.74, 6) is 5.74. The molecule has 2 amide bonds. The Kier molecular flexibility index (Phi) is 6.09. The van der Waals surface area contributed by atoms with Crippen LogP contribution in [0.2, 0.25) is 0 Å². The molecule has 1 saturated heterocycles. The van der Waals surface area contributed by atoms with Gasteiger partial charge in [0.15, 0.2) is 11.2 Å². The van der Waals surface area contributed by atoms with Gasteiger partial charge in [0.05, 0.1) is 12.1 Å². The van der Waals surface area contributed by atoms with Crippen molar-refractivity contribution in [1.82, 2.24) is 24.0 Å². The van der Waals surface area contributed by atoms with E-state index in [1.807, 2.05) is 4.90 Å². The van der Waals surface area contributed by atoms with Crippen molar-refractivity contribution in [2.24, 2.45) is 12.8 Å². The third-order valence-corrected chi connectivity index (χ3v) is 5.53. The van der Waals surface area contributed by atoms with Crippen LogP contribution in [0.15, 0.2) is 29.1 Å². The molecule has 3 N–H and O–H groups in total. The minimum Gasteiger partial charge on any atom is -0.465 e. The smallest absolute Gasteiger partial charge is 0.407 e. The Bertz CT molecular complexity index is 1390. The van der Waals surface area contributed by atoms with Crippen molar-refractivity contribution in [2.45, 2.75) is 13.5 Å². The molecule has 0 unspecified atom stereocenters. The second-order valence-electron chi connectivity index (χ2n) is 7.57. The fraction of sp³-hybridized carbons (Fsp3) is 0.318. The zero-order valence-corrected chi connectivity index (χ0v) is 18.7. The van der Waals surface area contributed by atoms with Gasteiger partial charge in [-0.2, -0.15) is 9.97 Å². The highest BCUT2D eigenvalue weighted by molar-refractivity contribution is 5.95. The molecule has 0 bridgehead atoms. The van der Waals surface area contributed by atoms with E-state index in [9.17, 15) is 19.5 Å². The molecular weight excluding hydrogens is 442 g/mol. The molecule has 0 atom stereocenters. The predicted octanol–water partition coefficient (Wildman–Crippen LogP) is 0.844. The lowest BCUT2D eigenvalue weighted by Gasteiger charge is -2.33. The Morgan fingerprint density at radius 1 is 1.18 bits per heavy atom. The number of aromatic nitrogens is 4. The number of benzene rings is 1. The average Bonchev–Trinajstić information content (AvgIpc) is 3.19. The molecular formula is C22H23N7O5. The van der Waals surface area contributed by atoms with Gasteiger partial charge in [-0.15, -0.1) is 5.92 Å². The second kappa shape index (κ2) is 9.14. The monoisotopic (exact) mass is 465 g/mol. The number of carbonyl (C=O) groups excluding carboxylic acids is 1. The van der Waals surface area contributed by atoms with Gasteiger partial charge in [0, 0.05) is 33.2 Å². The Morgan fingerprint density at radius 2 is 1.88 bits per heavy atom. The molecule has 34 heavy (non-hydrogen) atoms. The number of fused-ring (bicyclic) bond motifs is 1. The predicted molar refractivity (Wildman–Crippen MR) is 123 cm³/mol. The summed E-state index contributed by atoms with van der Waals surface area (Å²) in [5, 5.41) is 9.22. The van der Waals surface area contributed by atoms with Gasteiger partial charge >= 0.3 is 12.1 Å². The molecule has 12 heteroatoms. The van der Waals surface area contributed by atoms with Crippen molar-refractivity contribution in [1.29, 1.82) is 0 Å². The molecule has 12 nitrogen and oxygen atoms in total. The summed E-state index contributed by atoms with van der Waals surface area (Å²) in [7, 11) is 1.51. The van der Waals surface area contributed by atoms with E-state index in [1.165, 1.54) is 22.6 Å². The summed E-state index contributed by atoms with van der Waals surface area (Å²) in [5.41, 5.74) is 5.57. The molecule has 0 spiro atoms. The lowest BCUT2D eigenvalue weighted by atomic mass is 10.2. The number of para-hydroxylation sites is 1. The maximum atomic E-state index is 13.3. The quantitative estimate of drug-likeness (QED) is 0.527. The summed E-state index contributed by atoms with van der Waals surface area (Å²) < 4.78 is 8.70. The van der Waals surface area contributed by atoms with Crippen molar-refractivity contribution < 1.29 is 19.4 Å². The van der Waals surface area contributed by atoms with E-state index in [0.717, 1.165) is 0 Å². The van der Waals surface area contributed by atoms with E-state index in [1.54, 1.807) is 29.7 Å². The Labute approximate surface area is 194 Å². The molecule has 176 valence electrons. The summed E-state index contributed by atoms with van der Waals surface area (Å²) in [6.45, 7) is 3.34. The van der Waals surface area contributed by atoms with Gasteiger partial charge in [-0.25, -0.2) is 4.79 Å². The highest BCUT2D eigenvalue weighted by Gasteiger charge is 2.27. The molecule has 3 heterocycles. The maximum absolute atomic E-state index is 13.3. The second-order valence-corrected chi connectivity index (χ2v) is 7.57. The molecule has 1 aliphatic rings. The first-order valence-electron chi connectivity index (χ1n) is 10.5. The van der Waals surface area contributed by atoms with Crippen LogP contribution in [-0.2, 0) is 13.6 Å². The van der Waals surface area contributed by atoms with Gasteiger partial charge in [-0.1, -0.05) is 18.1 Å². The van der Waals surface area contributed by atoms with Gasteiger partial charge in [0.25, 0.3) is 11.5 Å². The number of ether oxygens (including phenoxy) is 1. The third-order valence-electron chi connectivity index (χ3n) is 5.53. The van der Waals surface area contributed by atoms with E-state index in [-0.39, 0.29) is 35.0 Å². The highest BCUT2D eigenvalue weighted by Crippen LogP contribution is 2.26. The number of carboxylic acid groups (broad SMARTS) is 1. The first-order valence-corrected chi connectivity index (χ1v) is 10.5. The minimum atomic E-state index is -0.974. The number of amides is 2. The molecule has 3 aromatic rings. The topological polar surface area (TPSA) is 149 Å². The van der Waals surface area contributed by atoms with Crippen LogP contribution in [0.5, 0.6) is 11.8 Å². The van der Waals surface area contributed by atoms with Gasteiger partial charge in [0.1, 0.15) is 5.75 Å². The molecule has 1 aliphatic heterocycles. The van der Waals surface area contributed by atoms with Gasteiger partial charge in [0.2, 0.25) is 5.95 Å². The first kappa shape index (κ1) is 22.7. The lowest BCUT2D eigenvalue weighted by Crippen LogP contribution is -2.49. The van der Waals surface area contributed by atoms with Crippen LogP contribution in [0.1, 0.15) is 17.3 Å². The Hall–Kier alpha value is -4.53. The van der Waals surface area contributed by atoms with E-state index >= 15 is 0 Å². The zero-order chi connectivity index (χ0) is 24.4. The number of imidazole rings is 1. The normalized spacial score (nSPS) is 13.5. The molecule has 0 aliphatic carbocycles. The average molecular weight is 465 g/mol. The van der Waals surface area contributed by atoms with Crippen molar-refractivity contribution in [3.8, 4) is 23.6 Å². The first-order chi connectivity index (χ1) is 16.3. The minimum absolute atomic E-state index is 0.0559. The lowest BCUT2D eigenvalue weighted by molar-refractivity contribution is 0.0997. The van der Waals surface area contributed by atoms with Crippen LogP contribution >= 0.6 is 0 Å². The van der Waals surface area contributed by atoms with E-state index < -0.39 is 17.6 Å². The summed E-state index contributed by atoms with van der Waals surface area (Å²) >= 11 is 0. The summed E-state index contributed by atoms with van der Waals surface area (Å²) in [4.78, 5) is 48.6. The molecule has 0 radical (unpaired) electrons. The number of hydrogen-bond acceptors (Lipinski definition) is 7. The van der Waals surface area contributed by atoms with Crippen LogP contribution < -0.4 is 20.9 Å². The summed E-state index contributed by atoms with van der Waals surface area (Å²) in [6, 6.07) is 6.33. The van der Waals surface area contributed by atoms with Crippen LogP contribution in [0.25, 0.3) is 11.2 Å². The fourth-order valence-corrected chi connectivity index (χ4v) is 3.72. The highest BCUT2D eigenvalue weighted by atomic mass is 16.5. The van der Waals surface area contributed by atoms with Crippen molar-refractivity contribution in [3.05, 3.63) is 40.2 Å². The number of carbonyl (C=O) groups is 2. The molecule has 4 rings (SSSR count). The number of hydrogen-bond donors (Lipinski definition) is 2. The van der Waals surface area contributed by atoms with Gasteiger partial charge in [-0.3, -0.25) is 18.7 Å². The number of anilines is 1.